The third-order valence-corrected chi connectivity index (χ3v) is 14.4. The summed E-state index contributed by atoms with van der Waals surface area (Å²) >= 11 is 0. The molecule has 2 nitrogen and oxygen atoms in total. The Morgan fingerprint density at radius 3 is 1.29 bits per heavy atom. The maximum absolute atomic E-state index is 2.45. The predicted octanol–water partition coefficient (Wildman–Crippen LogP) is 17.9. The molecule has 0 aliphatic heterocycles. The molecule has 0 aromatic heterocycles. The van der Waals surface area contributed by atoms with Gasteiger partial charge in [0.05, 0.1) is 5.69 Å². The highest BCUT2D eigenvalue weighted by molar-refractivity contribution is 5.99. The SMILES string of the molecule is CC(C)(C)c1ccc(N(c2ccc(/C=C/c3ccc(N(c4ccc5c(c4)C(C)(C)c4ccccc4-5)c4ccc5c(c4)C(C)(C)c4ccccc4-5)cc3)cc2)c2cccc3ccccc23)cc1. The van der Waals surface area contributed by atoms with Gasteiger partial charge in [-0.3, -0.25) is 0 Å². The average Bonchev–Trinajstić information content (AvgIpc) is 3.70. The summed E-state index contributed by atoms with van der Waals surface area (Å²) in [4.78, 5) is 4.83. The van der Waals surface area contributed by atoms with E-state index < -0.39 is 0 Å². The molecule has 0 saturated heterocycles. The molecular formula is C64H56N2. The van der Waals surface area contributed by atoms with Crippen LogP contribution in [0.4, 0.5) is 34.1 Å². The Balaban J connectivity index is 0.925. The summed E-state index contributed by atoms with van der Waals surface area (Å²) in [6, 6.07) is 74.2. The van der Waals surface area contributed by atoms with Crippen molar-refractivity contribution in [1.82, 2.24) is 0 Å². The first-order chi connectivity index (χ1) is 31.9. The third kappa shape index (κ3) is 6.95. The molecule has 9 aromatic rings. The highest BCUT2D eigenvalue weighted by atomic mass is 15.1. The third-order valence-electron chi connectivity index (χ3n) is 14.4. The molecule has 0 unspecified atom stereocenters. The van der Waals surface area contributed by atoms with Crippen LogP contribution >= 0.6 is 0 Å². The zero-order chi connectivity index (χ0) is 45.4. The van der Waals surface area contributed by atoms with Gasteiger partial charge in [0.1, 0.15) is 0 Å². The van der Waals surface area contributed by atoms with Crippen LogP contribution < -0.4 is 9.80 Å². The molecule has 0 heterocycles. The molecule has 2 aliphatic rings. The number of hydrogen-bond donors (Lipinski definition) is 0. The second-order valence-electron chi connectivity index (χ2n) is 20.3. The maximum atomic E-state index is 2.45. The Hall–Kier alpha value is -7.42. The van der Waals surface area contributed by atoms with E-state index in [0.29, 0.717) is 0 Å². The summed E-state index contributed by atoms with van der Waals surface area (Å²) in [6.07, 6.45) is 4.44. The summed E-state index contributed by atoms with van der Waals surface area (Å²) in [7, 11) is 0. The van der Waals surface area contributed by atoms with Crippen LogP contribution in [0.2, 0.25) is 0 Å². The second kappa shape index (κ2) is 15.6. The molecule has 2 aliphatic carbocycles. The number of anilines is 6. The molecule has 0 fully saturated rings. The van der Waals surface area contributed by atoms with Gasteiger partial charge in [-0.25, -0.2) is 0 Å². The Morgan fingerprint density at radius 1 is 0.364 bits per heavy atom. The number of rotatable bonds is 8. The van der Waals surface area contributed by atoms with Crippen molar-refractivity contribution in [3.05, 3.63) is 239 Å². The Bertz CT molecular complexity index is 3210. The molecule has 0 saturated carbocycles. The smallest absolute Gasteiger partial charge is 0.0540 e. The molecule has 2 heteroatoms. The first-order valence-electron chi connectivity index (χ1n) is 23.4. The number of benzene rings is 9. The van der Waals surface area contributed by atoms with Gasteiger partial charge in [-0.2, -0.15) is 0 Å². The van der Waals surface area contributed by atoms with E-state index in [-0.39, 0.29) is 16.2 Å². The van der Waals surface area contributed by atoms with Crippen molar-refractivity contribution < 1.29 is 0 Å². The van der Waals surface area contributed by atoms with E-state index in [1.807, 2.05) is 0 Å². The largest absolute Gasteiger partial charge is 0.310 e. The normalized spacial score (nSPS) is 14.2. The van der Waals surface area contributed by atoms with Gasteiger partial charge in [-0.1, -0.05) is 194 Å². The summed E-state index contributed by atoms with van der Waals surface area (Å²) < 4.78 is 0. The van der Waals surface area contributed by atoms with Crippen molar-refractivity contribution >= 4 is 57.0 Å². The first-order valence-corrected chi connectivity index (χ1v) is 23.4. The van der Waals surface area contributed by atoms with Crippen LogP contribution in [0.15, 0.2) is 200 Å². The molecule has 0 atom stereocenters. The predicted molar refractivity (Wildman–Crippen MR) is 283 cm³/mol. The average molecular weight is 853 g/mol. The van der Waals surface area contributed by atoms with E-state index in [4.69, 9.17) is 0 Å². The number of hydrogen-bond acceptors (Lipinski definition) is 2. The molecule has 0 amide bonds. The van der Waals surface area contributed by atoms with Gasteiger partial charge in [-0.05, 0) is 139 Å². The minimum atomic E-state index is -0.103. The number of nitrogens with zero attached hydrogens (tertiary/aromatic N) is 2. The molecule has 9 aromatic carbocycles. The van der Waals surface area contributed by atoms with Crippen molar-refractivity contribution in [2.45, 2.75) is 64.7 Å². The van der Waals surface area contributed by atoms with Crippen LogP contribution in [0.5, 0.6) is 0 Å². The Kier molecular flexibility index (Phi) is 9.78. The molecule has 11 rings (SSSR count). The Labute approximate surface area is 391 Å². The fourth-order valence-corrected chi connectivity index (χ4v) is 10.7. The zero-order valence-electron chi connectivity index (χ0n) is 39.1. The fraction of sp³-hybridized carbons (Fsp3) is 0.156. The highest BCUT2D eigenvalue weighted by Crippen LogP contribution is 2.53. The van der Waals surface area contributed by atoms with Crippen LogP contribution in [0, 0.1) is 0 Å². The molecule has 66 heavy (non-hydrogen) atoms. The monoisotopic (exact) mass is 852 g/mol. The summed E-state index contributed by atoms with van der Waals surface area (Å²) in [5.41, 5.74) is 21.2. The van der Waals surface area contributed by atoms with Crippen LogP contribution in [0.3, 0.4) is 0 Å². The Morgan fingerprint density at radius 2 is 0.773 bits per heavy atom. The van der Waals surface area contributed by atoms with E-state index in [2.05, 4.69) is 271 Å². The van der Waals surface area contributed by atoms with Gasteiger partial charge in [0, 0.05) is 44.7 Å². The lowest BCUT2D eigenvalue weighted by molar-refractivity contribution is 0.590. The van der Waals surface area contributed by atoms with Crippen molar-refractivity contribution in [2.24, 2.45) is 0 Å². The molecule has 0 radical (unpaired) electrons. The lowest BCUT2D eigenvalue weighted by Crippen LogP contribution is -2.18. The van der Waals surface area contributed by atoms with Gasteiger partial charge in [0.15, 0.2) is 0 Å². The minimum Gasteiger partial charge on any atom is -0.310 e. The second-order valence-corrected chi connectivity index (χ2v) is 20.3. The van der Waals surface area contributed by atoms with Crippen LogP contribution in [-0.4, -0.2) is 0 Å². The fourth-order valence-electron chi connectivity index (χ4n) is 10.7. The van der Waals surface area contributed by atoms with Crippen LogP contribution in [0.1, 0.15) is 87.4 Å². The van der Waals surface area contributed by atoms with Gasteiger partial charge >= 0.3 is 0 Å². The lowest BCUT2D eigenvalue weighted by atomic mass is 9.82. The maximum Gasteiger partial charge on any atom is 0.0540 e. The first kappa shape index (κ1) is 41.3. The van der Waals surface area contributed by atoms with Gasteiger partial charge in [0.25, 0.3) is 0 Å². The van der Waals surface area contributed by atoms with Gasteiger partial charge in [0.2, 0.25) is 0 Å². The van der Waals surface area contributed by atoms with Crippen molar-refractivity contribution in [3.63, 3.8) is 0 Å². The molecule has 0 spiro atoms. The van der Waals surface area contributed by atoms with E-state index in [0.717, 1.165) is 45.3 Å². The van der Waals surface area contributed by atoms with E-state index in [1.165, 1.54) is 60.8 Å². The summed E-state index contributed by atoms with van der Waals surface area (Å²) in [5.74, 6) is 0. The summed E-state index contributed by atoms with van der Waals surface area (Å²) in [6.45, 7) is 16.3. The molecule has 0 bridgehead atoms. The topological polar surface area (TPSA) is 6.48 Å². The van der Waals surface area contributed by atoms with Crippen LogP contribution in [0.25, 0.3) is 45.2 Å². The van der Waals surface area contributed by atoms with Gasteiger partial charge < -0.3 is 9.80 Å². The molecular weight excluding hydrogens is 797 g/mol. The quantitative estimate of drug-likeness (QED) is 0.141. The zero-order valence-corrected chi connectivity index (χ0v) is 39.1. The lowest BCUT2D eigenvalue weighted by Gasteiger charge is -2.29. The van der Waals surface area contributed by atoms with E-state index in [9.17, 15) is 0 Å². The standard InChI is InChI=1S/C64H56N2/c1-62(2,3)46-29-35-49(36-30-46)66(61-22-14-16-45-15-8-9-17-52(45)61)48-33-27-44(28-34-48)24-23-43-25-31-47(32-26-43)65(50-37-39-55-53-18-10-12-20-57(53)63(4,5)59(55)41-50)51-38-40-56-54-19-11-13-21-58(54)64(6,7)60(56)42-51/h8-42H,1-7H3/b24-23+. The van der Waals surface area contributed by atoms with Crippen LogP contribution in [-0.2, 0) is 16.2 Å². The van der Waals surface area contributed by atoms with E-state index >= 15 is 0 Å². The molecule has 0 N–H and O–H groups in total. The highest BCUT2D eigenvalue weighted by Gasteiger charge is 2.37. The van der Waals surface area contributed by atoms with Crippen molar-refractivity contribution in [3.8, 4) is 22.3 Å². The summed E-state index contributed by atoms with van der Waals surface area (Å²) in [5, 5.41) is 2.45. The van der Waals surface area contributed by atoms with E-state index in [1.54, 1.807) is 0 Å². The molecule has 322 valence electrons. The van der Waals surface area contributed by atoms with Gasteiger partial charge in [-0.15, -0.1) is 0 Å². The van der Waals surface area contributed by atoms with Crippen molar-refractivity contribution in [2.75, 3.05) is 9.80 Å². The van der Waals surface area contributed by atoms with Crippen molar-refractivity contribution in [1.29, 1.82) is 0 Å². The minimum absolute atomic E-state index is 0.0802. The number of fused-ring (bicyclic) bond motifs is 7.